The van der Waals surface area contributed by atoms with E-state index in [0.717, 1.165) is 11.1 Å². The Morgan fingerprint density at radius 1 is 0.931 bits per heavy atom. The number of anilines is 1. The molecular formula is C20H10ClF4N3O. The van der Waals surface area contributed by atoms with E-state index in [0.29, 0.717) is 15.9 Å². The maximum absolute atomic E-state index is 13.8. The molecule has 4 rings (SSSR count). The summed E-state index contributed by atoms with van der Waals surface area (Å²) in [6, 6.07) is 12.7. The maximum Gasteiger partial charge on any atom is 0.260 e. The standard InChI is InChI=1S/C20H10ClF4N3O/c21-11-3-1-2-9(6-11)10-4-5-12-15(7-10)27-28-19(12)26-20(29)13-8-14(22)17(24)18(25)16(13)23/h1-8H,(H2,26,27,28,29). The molecule has 0 atom stereocenters. The minimum Gasteiger partial charge on any atom is -0.304 e. The van der Waals surface area contributed by atoms with E-state index in [-0.39, 0.29) is 11.9 Å². The predicted octanol–water partition coefficient (Wildman–Crippen LogP) is 5.69. The number of H-pyrrole nitrogens is 1. The second-order valence-electron chi connectivity index (χ2n) is 6.14. The number of benzene rings is 3. The van der Waals surface area contributed by atoms with Gasteiger partial charge in [0.05, 0.1) is 11.1 Å². The monoisotopic (exact) mass is 419 g/mol. The van der Waals surface area contributed by atoms with Crippen LogP contribution in [0.25, 0.3) is 22.0 Å². The molecule has 29 heavy (non-hydrogen) atoms. The molecule has 9 heteroatoms. The van der Waals surface area contributed by atoms with E-state index in [1.165, 1.54) is 0 Å². The zero-order chi connectivity index (χ0) is 20.7. The van der Waals surface area contributed by atoms with Crippen LogP contribution < -0.4 is 5.32 Å². The van der Waals surface area contributed by atoms with Crippen LogP contribution in [0.5, 0.6) is 0 Å². The van der Waals surface area contributed by atoms with Gasteiger partial charge in [-0.3, -0.25) is 9.89 Å². The lowest BCUT2D eigenvalue weighted by Gasteiger charge is -2.06. The third-order valence-electron chi connectivity index (χ3n) is 4.30. The van der Waals surface area contributed by atoms with Crippen molar-refractivity contribution in [1.82, 2.24) is 10.2 Å². The number of nitrogens with one attached hydrogen (secondary N) is 2. The first-order valence-corrected chi connectivity index (χ1v) is 8.61. The van der Waals surface area contributed by atoms with Gasteiger partial charge in [0.1, 0.15) is 0 Å². The molecule has 3 aromatic carbocycles. The Morgan fingerprint density at radius 2 is 1.69 bits per heavy atom. The molecule has 2 N–H and O–H groups in total. The van der Waals surface area contributed by atoms with Gasteiger partial charge in [-0.25, -0.2) is 17.6 Å². The topological polar surface area (TPSA) is 57.8 Å². The molecule has 0 fully saturated rings. The summed E-state index contributed by atoms with van der Waals surface area (Å²) in [5.74, 6) is -8.66. The molecule has 4 nitrogen and oxygen atoms in total. The molecular weight excluding hydrogens is 410 g/mol. The van der Waals surface area contributed by atoms with Gasteiger partial charge in [0, 0.05) is 10.4 Å². The number of aromatic nitrogens is 2. The van der Waals surface area contributed by atoms with Gasteiger partial charge >= 0.3 is 0 Å². The molecule has 1 heterocycles. The molecule has 0 saturated heterocycles. The van der Waals surface area contributed by atoms with E-state index in [1.54, 1.807) is 36.4 Å². The summed E-state index contributed by atoms with van der Waals surface area (Å²) in [6.45, 7) is 0. The second-order valence-corrected chi connectivity index (χ2v) is 6.58. The highest BCUT2D eigenvalue weighted by molar-refractivity contribution is 6.30. The van der Waals surface area contributed by atoms with Crippen LogP contribution in [0.4, 0.5) is 23.4 Å². The zero-order valence-corrected chi connectivity index (χ0v) is 15.1. The first-order chi connectivity index (χ1) is 13.8. The first kappa shape index (κ1) is 18.9. The number of nitrogens with zero attached hydrogens (tertiary/aromatic N) is 1. The average Bonchev–Trinajstić information content (AvgIpc) is 3.11. The molecule has 0 saturated carbocycles. The number of amides is 1. The van der Waals surface area contributed by atoms with Gasteiger partial charge in [0.25, 0.3) is 5.91 Å². The molecule has 0 unspecified atom stereocenters. The van der Waals surface area contributed by atoms with Gasteiger partial charge in [-0.1, -0.05) is 29.8 Å². The van der Waals surface area contributed by atoms with Gasteiger partial charge in [-0.15, -0.1) is 0 Å². The lowest BCUT2D eigenvalue weighted by Crippen LogP contribution is -2.16. The minimum absolute atomic E-state index is 0.0205. The Labute approximate surface area is 166 Å². The fraction of sp³-hybridized carbons (Fsp3) is 0. The molecule has 0 aliphatic carbocycles. The summed E-state index contributed by atoms with van der Waals surface area (Å²) in [6.07, 6.45) is 0. The van der Waals surface area contributed by atoms with Crippen molar-refractivity contribution in [1.29, 1.82) is 0 Å². The van der Waals surface area contributed by atoms with E-state index in [1.807, 2.05) is 6.07 Å². The number of aromatic amines is 1. The summed E-state index contributed by atoms with van der Waals surface area (Å²) < 4.78 is 53.6. The van der Waals surface area contributed by atoms with Crippen molar-refractivity contribution in [3.63, 3.8) is 0 Å². The van der Waals surface area contributed by atoms with E-state index in [9.17, 15) is 22.4 Å². The highest BCUT2D eigenvalue weighted by Crippen LogP contribution is 2.29. The number of carbonyl (C=O) groups excluding carboxylic acids is 1. The molecule has 146 valence electrons. The predicted molar refractivity (Wildman–Crippen MR) is 101 cm³/mol. The van der Waals surface area contributed by atoms with Crippen LogP contribution in [0, 0.1) is 23.3 Å². The molecule has 1 amide bonds. The van der Waals surface area contributed by atoms with E-state index >= 15 is 0 Å². The Hall–Kier alpha value is -3.39. The lowest BCUT2D eigenvalue weighted by molar-refractivity contribution is 0.102. The normalized spacial score (nSPS) is 11.1. The second kappa shape index (κ2) is 7.21. The van der Waals surface area contributed by atoms with E-state index < -0.39 is 34.7 Å². The number of hydrogen-bond donors (Lipinski definition) is 2. The Kier molecular flexibility index (Phi) is 4.71. The highest BCUT2D eigenvalue weighted by Gasteiger charge is 2.24. The van der Waals surface area contributed by atoms with E-state index in [4.69, 9.17) is 11.6 Å². The number of carbonyl (C=O) groups is 1. The Bertz CT molecular complexity index is 1270. The summed E-state index contributed by atoms with van der Waals surface area (Å²) in [5, 5.41) is 9.97. The van der Waals surface area contributed by atoms with Crippen LogP contribution in [-0.2, 0) is 0 Å². The van der Waals surface area contributed by atoms with Gasteiger partial charge in [-0.05, 0) is 41.5 Å². The van der Waals surface area contributed by atoms with Crippen LogP contribution in [-0.4, -0.2) is 16.1 Å². The SMILES string of the molecule is O=C(Nc1n[nH]c2cc(-c3cccc(Cl)c3)ccc12)c1cc(F)c(F)c(F)c1F. The maximum atomic E-state index is 13.8. The minimum atomic E-state index is -2.06. The van der Waals surface area contributed by atoms with Gasteiger partial charge in [-0.2, -0.15) is 5.10 Å². The number of rotatable bonds is 3. The van der Waals surface area contributed by atoms with Gasteiger partial charge in [0.15, 0.2) is 29.1 Å². The largest absolute Gasteiger partial charge is 0.304 e. The summed E-state index contributed by atoms with van der Waals surface area (Å²) in [4.78, 5) is 12.2. The third kappa shape index (κ3) is 3.42. The Morgan fingerprint density at radius 3 is 2.45 bits per heavy atom. The van der Waals surface area contributed by atoms with Crippen molar-refractivity contribution in [2.45, 2.75) is 0 Å². The fourth-order valence-electron chi connectivity index (χ4n) is 2.88. The van der Waals surface area contributed by atoms with Gasteiger partial charge < -0.3 is 5.32 Å². The van der Waals surface area contributed by atoms with Gasteiger partial charge in [0.2, 0.25) is 0 Å². The third-order valence-corrected chi connectivity index (χ3v) is 4.54. The smallest absolute Gasteiger partial charge is 0.260 e. The molecule has 0 aliphatic heterocycles. The van der Waals surface area contributed by atoms with Crippen LogP contribution in [0.3, 0.4) is 0 Å². The summed E-state index contributed by atoms with van der Waals surface area (Å²) >= 11 is 6.00. The van der Waals surface area contributed by atoms with Crippen molar-refractivity contribution in [2.24, 2.45) is 0 Å². The molecule has 0 radical (unpaired) electrons. The van der Waals surface area contributed by atoms with Crippen molar-refractivity contribution in [3.8, 4) is 11.1 Å². The number of halogens is 5. The van der Waals surface area contributed by atoms with Crippen LogP contribution in [0.15, 0.2) is 48.5 Å². The first-order valence-electron chi connectivity index (χ1n) is 8.23. The van der Waals surface area contributed by atoms with Crippen molar-refractivity contribution in [3.05, 3.63) is 82.4 Å². The average molecular weight is 420 g/mol. The van der Waals surface area contributed by atoms with E-state index in [2.05, 4.69) is 15.5 Å². The van der Waals surface area contributed by atoms with Crippen LogP contribution >= 0.6 is 11.6 Å². The number of fused-ring (bicyclic) bond motifs is 1. The fourth-order valence-corrected chi connectivity index (χ4v) is 3.07. The highest BCUT2D eigenvalue weighted by atomic mass is 35.5. The quantitative estimate of drug-likeness (QED) is 0.254. The van der Waals surface area contributed by atoms with Crippen molar-refractivity contribution in [2.75, 3.05) is 5.32 Å². The molecule has 0 spiro atoms. The van der Waals surface area contributed by atoms with Crippen molar-refractivity contribution >= 4 is 34.2 Å². The molecule has 0 aliphatic rings. The molecule has 0 bridgehead atoms. The lowest BCUT2D eigenvalue weighted by atomic mass is 10.0. The summed E-state index contributed by atoms with van der Waals surface area (Å²) in [5.41, 5.74) is 1.26. The zero-order valence-electron chi connectivity index (χ0n) is 14.4. The number of hydrogen-bond acceptors (Lipinski definition) is 2. The molecule has 1 aromatic heterocycles. The van der Waals surface area contributed by atoms with Crippen molar-refractivity contribution < 1.29 is 22.4 Å². The molecule has 4 aromatic rings. The van der Waals surface area contributed by atoms with Crippen LogP contribution in [0.2, 0.25) is 5.02 Å². The summed E-state index contributed by atoms with van der Waals surface area (Å²) in [7, 11) is 0. The van der Waals surface area contributed by atoms with Crippen LogP contribution in [0.1, 0.15) is 10.4 Å². The Balaban J connectivity index is 1.67.